The summed E-state index contributed by atoms with van der Waals surface area (Å²) >= 11 is 6.37. The van der Waals surface area contributed by atoms with Gasteiger partial charge in [-0.1, -0.05) is 68.8 Å². The lowest BCUT2D eigenvalue weighted by molar-refractivity contribution is -0.145. The number of hydrogen-bond acceptors (Lipinski definition) is 7. The predicted octanol–water partition coefficient (Wildman–Crippen LogP) is 5.24. The second-order valence-corrected chi connectivity index (χ2v) is 15.3. The number of carboxylic acid groups (broad SMARTS) is 1. The maximum absolute atomic E-state index is 13.9. The van der Waals surface area contributed by atoms with E-state index in [1.165, 1.54) is 13.2 Å². The maximum Gasteiger partial charge on any atom is 0.326 e. The zero-order valence-corrected chi connectivity index (χ0v) is 31.2. The summed E-state index contributed by atoms with van der Waals surface area (Å²) in [6.07, 6.45) is 6.36. The van der Waals surface area contributed by atoms with Crippen molar-refractivity contribution in [2.45, 2.75) is 110 Å². The summed E-state index contributed by atoms with van der Waals surface area (Å²) in [7, 11) is 1.51. The lowest BCUT2D eigenvalue weighted by Gasteiger charge is -2.36. The molecule has 3 amide bonds. The van der Waals surface area contributed by atoms with Gasteiger partial charge in [0.15, 0.2) is 0 Å². The van der Waals surface area contributed by atoms with E-state index in [4.69, 9.17) is 26.8 Å². The number of amides is 3. The second-order valence-electron chi connectivity index (χ2n) is 14.8. The molecule has 11 nitrogen and oxygen atoms in total. The average molecular weight is 725 g/mol. The molecule has 2 aliphatic rings. The quantitative estimate of drug-likeness (QED) is 0.0967. The standard InChI is InChI=1S/C39H53ClN4O7/c1-23(2)19-30(36(47)48)43-37(49)38(4,5)39(17-18-39)44-35(46)29(21-26-13-16-31(50-6)28(40)20-26)42-32(45)10-8-7-9-24(3)33-34(51-33)27-14-11-25(22-41)12-15-27/h8,10-16,20,23-24,29-30,33-34H,7,9,17-19,21-22,41H2,1-6H3,(H,42,45)(H,43,49)(H,44,46)(H,47,48)/b10-8+/t24-,29+,30-,33?,34?/m0/s1. The Morgan fingerprint density at radius 1 is 1.06 bits per heavy atom. The number of allylic oxidation sites excluding steroid dienone is 1. The van der Waals surface area contributed by atoms with Crippen LogP contribution in [-0.4, -0.2) is 59.6 Å². The Bertz CT molecular complexity index is 1590. The third kappa shape index (κ3) is 10.3. The van der Waals surface area contributed by atoms with Crippen molar-refractivity contribution in [2.24, 2.45) is 23.0 Å². The summed E-state index contributed by atoms with van der Waals surface area (Å²) in [6, 6.07) is 11.3. The number of methoxy groups -OCH3 is 1. The summed E-state index contributed by atoms with van der Waals surface area (Å²) in [5.41, 5.74) is 6.59. The molecule has 1 saturated heterocycles. The van der Waals surface area contributed by atoms with Crippen LogP contribution in [0.2, 0.25) is 5.02 Å². The number of hydrogen-bond donors (Lipinski definition) is 5. The van der Waals surface area contributed by atoms with Crippen molar-refractivity contribution in [2.75, 3.05) is 7.11 Å². The molecular weight excluding hydrogens is 672 g/mol. The van der Waals surface area contributed by atoms with Crippen molar-refractivity contribution in [3.05, 3.63) is 76.3 Å². The molecule has 278 valence electrons. The lowest BCUT2D eigenvalue weighted by Crippen LogP contribution is -2.60. The highest BCUT2D eigenvalue weighted by Crippen LogP contribution is 2.50. The number of halogens is 1. The van der Waals surface area contributed by atoms with Crippen LogP contribution in [-0.2, 0) is 36.9 Å². The Hall–Kier alpha value is -3.93. The van der Waals surface area contributed by atoms with Gasteiger partial charge < -0.3 is 36.3 Å². The molecule has 2 unspecified atom stereocenters. The monoisotopic (exact) mass is 724 g/mol. The number of nitrogens with one attached hydrogen (secondary N) is 3. The fourth-order valence-electron chi connectivity index (χ4n) is 6.49. The van der Waals surface area contributed by atoms with E-state index in [2.05, 4.69) is 35.0 Å². The highest BCUT2D eigenvalue weighted by molar-refractivity contribution is 6.32. The van der Waals surface area contributed by atoms with Crippen LogP contribution in [0.4, 0.5) is 0 Å². The van der Waals surface area contributed by atoms with Gasteiger partial charge in [-0.15, -0.1) is 0 Å². The number of epoxide rings is 1. The number of aliphatic carboxylic acids is 1. The number of benzene rings is 2. The first-order valence-electron chi connectivity index (χ1n) is 17.7. The smallest absolute Gasteiger partial charge is 0.326 e. The fraction of sp³-hybridized carbons (Fsp3) is 0.538. The van der Waals surface area contributed by atoms with E-state index >= 15 is 0 Å². The molecule has 2 aromatic carbocycles. The molecule has 5 atom stereocenters. The van der Waals surface area contributed by atoms with E-state index in [9.17, 15) is 24.3 Å². The summed E-state index contributed by atoms with van der Waals surface area (Å²) in [5.74, 6) is -1.63. The van der Waals surface area contributed by atoms with Crippen LogP contribution in [0.15, 0.2) is 54.6 Å². The van der Waals surface area contributed by atoms with E-state index < -0.39 is 46.7 Å². The Balaban J connectivity index is 1.39. The molecule has 1 aliphatic heterocycles. The molecule has 0 spiro atoms. The van der Waals surface area contributed by atoms with E-state index in [0.29, 0.717) is 42.1 Å². The summed E-state index contributed by atoms with van der Waals surface area (Å²) in [4.78, 5) is 52.4. The minimum absolute atomic E-state index is 0.0577. The van der Waals surface area contributed by atoms with Gasteiger partial charge in [0.05, 0.1) is 29.2 Å². The van der Waals surface area contributed by atoms with Crippen LogP contribution >= 0.6 is 11.6 Å². The molecule has 1 saturated carbocycles. The largest absolute Gasteiger partial charge is 0.495 e. The van der Waals surface area contributed by atoms with E-state index in [1.807, 2.05) is 26.0 Å². The molecule has 1 heterocycles. The normalized spacial score (nSPS) is 19.5. The van der Waals surface area contributed by atoms with E-state index in [1.54, 1.807) is 38.1 Å². The fourth-order valence-corrected chi connectivity index (χ4v) is 6.77. The molecule has 4 rings (SSSR count). The zero-order valence-electron chi connectivity index (χ0n) is 30.5. The molecular formula is C39H53ClN4O7. The van der Waals surface area contributed by atoms with Gasteiger partial charge in [-0.25, -0.2) is 4.79 Å². The molecule has 1 aliphatic carbocycles. The molecule has 2 fully saturated rings. The van der Waals surface area contributed by atoms with Crippen LogP contribution in [0.3, 0.4) is 0 Å². The minimum Gasteiger partial charge on any atom is -0.495 e. The lowest BCUT2D eigenvalue weighted by atomic mass is 9.80. The zero-order chi connectivity index (χ0) is 37.5. The van der Waals surface area contributed by atoms with Crippen LogP contribution in [0, 0.1) is 17.3 Å². The second kappa shape index (κ2) is 17.1. The molecule has 51 heavy (non-hydrogen) atoms. The summed E-state index contributed by atoms with van der Waals surface area (Å²) in [6.45, 7) is 9.82. The highest BCUT2D eigenvalue weighted by Gasteiger charge is 2.59. The van der Waals surface area contributed by atoms with Gasteiger partial charge >= 0.3 is 5.97 Å². The molecule has 6 N–H and O–H groups in total. The third-order valence-corrected chi connectivity index (χ3v) is 10.5. The van der Waals surface area contributed by atoms with E-state index in [0.717, 1.165) is 17.5 Å². The van der Waals surface area contributed by atoms with Crippen LogP contribution in [0.5, 0.6) is 5.75 Å². The van der Waals surface area contributed by atoms with Gasteiger partial charge in [0.25, 0.3) is 0 Å². The molecule has 2 aromatic rings. The van der Waals surface area contributed by atoms with Crippen molar-refractivity contribution in [3.63, 3.8) is 0 Å². The topological polar surface area (TPSA) is 172 Å². The molecule has 0 radical (unpaired) electrons. The first kappa shape index (κ1) is 39.8. The molecule has 12 heteroatoms. The Morgan fingerprint density at radius 3 is 2.29 bits per heavy atom. The van der Waals surface area contributed by atoms with Crippen molar-refractivity contribution in [1.29, 1.82) is 0 Å². The average Bonchev–Trinajstić information content (AvgIpc) is 4.02. The summed E-state index contributed by atoms with van der Waals surface area (Å²) < 4.78 is 11.2. The van der Waals surface area contributed by atoms with Gasteiger partial charge in [0.2, 0.25) is 17.7 Å². The highest BCUT2D eigenvalue weighted by atomic mass is 35.5. The number of rotatable bonds is 19. The first-order chi connectivity index (χ1) is 24.1. The first-order valence-corrected chi connectivity index (χ1v) is 18.1. The van der Waals surface area contributed by atoms with Crippen molar-refractivity contribution >= 4 is 35.3 Å². The number of carbonyl (C=O) groups is 4. The van der Waals surface area contributed by atoms with Gasteiger partial charge in [-0.3, -0.25) is 14.4 Å². The third-order valence-electron chi connectivity index (χ3n) is 10.2. The number of ether oxygens (including phenoxy) is 2. The molecule has 0 bridgehead atoms. The van der Waals surface area contributed by atoms with Crippen molar-refractivity contribution in [3.8, 4) is 5.75 Å². The predicted molar refractivity (Wildman–Crippen MR) is 196 cm³/mol. The Morgan fingerprint density at radius 2 is 1.73 bits per heavy atom. The SMILES string of the molecule is COc1ccc(C[C@@H](NC(=O)/C=C/CC[C@H](C)C2OC2c2ccc(CN)cc2)C(=O)NC2(C(C)(C)C(=O)N[C@@H](CC(C)C)C(=O)O)CC2)cc1Cl. The Labute approximate surface area is 306 Å². The van der Waals surface area contributed by atoms with E-state index in [-0.39, 0.29) is 36.9 Å². The van der Waals surface area contributed by atoms with Gasteiger partial charge in [-0.05, 0) is 92.7 Å². The Kier molecular flexibility index (Phi) is 13.3. The summed E-state index contributed by atoms with van der Waals surface area (Å²) in [5, 5.41) is 18.7. The van der Waals surface area contributed by atoms with Crippen LogP contribution in [0.25, 0.3) is 0 Å². The number of carboxylic acids is 1. The minimum atomic E-state index is -1.12. The van der Waals surface area contributed by atoms with Crippen molar-refractivity contribution < 1.29 is 33.8 Å². The van der Waals surface area contributed by atoms with Crippen molar-refractivity contribution in [1.82, 2.24) is 16.0 Å². The van der Waals surface area contributed by atoms with Gasteiger partial charge in [-0.2, -0.15) is 0 Å². The van der Waals surface area contributed by atoms with Crippen LogP contribution < -0.4 is 26.4 Å². The maximum atomic E-state index is 13.9. The van der Waals surface area contributed by atoms with Gasteiger partial charge in [0, 0.05) is 13.0 Å². The number of nitrogens with two attached hydrogens (primary N) is 1. The molecule has 0 aromatic heterocycles. The number of carbonyl (C=O) groups excluding carboxylic acids is 3. The van der Waals surface area contributed by atoms with Gasteiger partial charge in [0.1, 0.15) is 23.9 Å². The van der Waals surface area contributed by atoms with Crippen LogP contribution in [0.1, 0.15) is 89.5 Å².